The normalized spacial score (nSPS) is 17.3. The fourth-order valence-corrected chi connectivity index (χ4v) is 5.65. The molecule has 6 aromatic rings. The first-order chi connectivity index (χ1) is 18.8. The van der Waals surface area contributed by atoms with E-state index in [4.69, 9.17) is 14.5 Å². The number of rotatable bonds is 4. The molecule has 0 fully saturated rings. The van der Waals surface area contributed by atoms with Crippen molar-refractivity contribution in [2.24, 2.45) is 4.99 Å². The monoisotopic (exact) mass is 686 g/mol. The van der Waals surface area contributed by atoms with Crippen molar-refractivity contribution in [2.75, 3.05) is 0 Å². The van der Waals surface area contributed by atoms with Gasteiger partial charge in [0.15, 0.2) is 0 Å². The van der Waals surface area contributed by atoms with E-state index in [9.17, 15) is 0 Å². The van der Waals surface area contributed by atoms with Crippen molar-refractivity contribution in [3.8, 4) is 17.2 Å². The van der Waals surface area contributed by atoms with Gasteiger partial charge in [-0.3, -0.25) is 4.99 Å². The molecule has 2 atom stereocenters. The molecule has 0 unspecified atom stereocenters. The van der Waals surface area contributed by atoms with Crippen LogP contribution in [0.3, 0.4) is 0 Å². The second-order valence-corrected chi connectivity index (χ2v) is 9.60. The Morgan fingerprint density at radius 3 is 2.54 bits per heavy atom. The van der Waals surface area contributed by atoms with Gasteiger partial charge in [0.1, 0.15) is 23.7 Å². The fraction of sp³-hybridized carbons (Fsp3) is 0.0909. The average Bonchev–Trinajstić information content (AvgIpc) is 3.63. The molecular formula is C33H21N3O2Pt. The number of aliphatic imine (C=N–C) groups is 1. The molecule has 0 N–H and O–H groups in total. The fourth-order valence-electron chi connectivity index (χ4n) is 5.65. The van der Waals surface area contributed by atoms with Crippen molar-refractivity contribution in [3.05, 3.63) is 132 Å². The molecule has 0 spiro atoms. The minimum atomic E-state index is 0. The summed E-state index contributed by atoms with van der Waals surface area (Å²) in [5.74, 6) is 1.80. The Bertz CT molecular complexity index is 1840. The van der Waals surface area contributed by atoms with Gasteiger partial charge in [-0.2, -0.15) is 6.07 Å². The van der Waals surface area contributed by atoms with Crippen molar-refractivity contribution in [1.29, 1.82) is 0 Å². The van der Waals surface area contributed by atoms with E-state index in [0.29, 0.717) is 17.4 Å². The van der Waals surface area contributed by atoms with Crippen LogP contribution in [0.1, 0.15) is 22.7 Å². The van der Waals surface area contributed by atoms with Gasteiger partial charge in [0.2, 0.25) is 0 Å². The molecule has 6 heteroatoms. The Morgan fingerprint density at radius 1 is 0.795 bits per heavy atom. The van der Waals surface area contributed by atoms with Crippen LogP contribution in [-0.4, -0.2) is 21.6 Å². The van der Waals surface area contributed by atoms with E-state index >= 15 is 0 Å². The third-order valence-corrected chi connectivity index (χ3v) is 7.31. The van der Waals surface area contributed by atoms with E-state index < -0.39 is 0 Å². The number of hydrogen-bond donors (Lipinski definition) is 0. The van der Waals surface area contributed by atoms with E-state index in [1.165, 1.54) is 11.1 Å². The van der Waals surface area contributed by atoms with E-state index in [1.54, 1.807) is 0 Å². The molecule has 2 aromatic heterocycles. The van der Waals surface area contributed by atoms with Crippen LogP contribution in [0.15, 0.2) is 108 Å². The maximum absolute atomic E-state index is 6.25. The number of fused-ring (bicyclic) bond motifs is 6. The number of nitrogens with zero attached hydrogens (tertiary/aromatic N) is 3. The zero-order chi connectivity index (χ0) is 25.1. The zero-order valence-corrected chi connectivity index (χ0v) is 22.9. The second kappa shape index (κ2) is 9.51. The summed E-state index contributed by atoms with van der Waals surface area (Å²) in [5, 5.41) is 2.26. The molecule has 0 amide bonds. The zero-order valence-electron chi connectivity index (χ0n) is 20.7. The first-order valence-corrected chi connectivity index (χ1v) is 12.7. The quantitative estimate of drug-likeness (QED) is 0.188. The van der Waals surface area contributed by atoms with Crippen LogP contribution in [0, 0.1) is 12.1 Å². The largest absolute Gasteiger partial charge is 2.00 e. The molecule has 190 valence electrons. The number of hydrogen-bond acceptors (Lipinski definition) is 4. The molecule has 4 aromatic carbocycles. The summed E-state index contributed by atoms with van der Waals surface area (Å²) in [6, 6.07) is 39.3. The molecule has 3 heterocycles. The Morgan fingerprint density at radius 2 is 1.59 bits per heavy atom. The third kappa shape index (κ3) is 3.97. The SMILES string of the molecule is [Pt+2].[c-]1c(Oc2[c-]c(-n3c4ccccc4c4cccnc43)ccc2)cccc1C1=N[C@@H]2c3ccccc3C[C@@H]2O1. The molecule has 1 aliphatic heterocycles. The van der Waals surface area contributed by atoms with Crippen molar-refractivity contribution in [3.63, 3.8) is 0 Å². The van der Waals surface area contributed by atoms with E-state index in [0.717, 1.165) is 39.6 Å². The van der Waals surface area contributed by atoms with E-state index in [2.05, 4.69) is 70.2 Å². The standard InChI is InChI=1S/C33H21N3O2.Pt/c1-2-13-26-21(8-1)19-30-31(26)35-33(38-30)22-9-5-11-24(18-22)37-25-12-6-10-23(20-25)36-29-16-4-3-14-27(29)28-15-7-17-34-32(28)36;/h1-17,30-31H,19H2;/q-2;+2/t30-,31+;/m0./s1. The van der Waals surface area contributed by atoms with Gasteiger partial charge in [-0.15, -0.1) is 36.4 Å². The van der Waals surface area contributed by atoms with Crippen LogP contribution >= 0.6 is 0 Å². The summed E-state index contributed by atoms with van der Waals surface area (Å²) in [6.45, 7) is 0. The molecule has 2 aliphatic rings. The smallest absolute Gasteiger partial charge is 0.514 e. The van der Waals surface area contributed by atoms with Gasteiger partial charge in [0, 0.05) is 34.9 Å². The van der Waals surface area contributed by atoms with Gasteiger partial charge in [-0.25, -0.2) is 4.98 Å². The second-order valence-electron chi connectivity index (χ2n) is 9.60. The van der Waals surface area contributed by atoms with Crippen molar-refractivity contribution in [2.45, 2.75) is 18.6 Å². The summed E-state index contributed by atoms with van der Waals surface area (Å²) in [4.78, 5) is 9.58. The topological polar surface area (TPSA) is 48.6 Å². The molecule has 39 heavy (non-hydrogen) atoms. The Hall–Kier alpha value is -4.21. The molecule has 0 saturated heterocycles. The summed E-state index contributed by atoms with van der Waals surface area (Å²) >= 11 is 0. The predicted molar refractivity (Wildman–Crippen MR) is 147 cm³/mol. The van der Waals surface area contributed by atoms with Gasteiger partial charge in [-0.05, 0) is 29.3 Å². The van der Waals surface area contributed by atoms with Gasteiger partial charge in [0.25, 0.3) is 0 Å². The number of para-hydroxylation sites is 1. The number of aromatic nitrogens is 2. The first-order valence-electron chi connectivity index (χ1n) is 12.7. The molecule has 5 nitrogen and oxygen atoms in total. The van der Waals surface area contributed by atoms with Crippen molar-refractivity contribution in [1.82, 2.24) is 9.55 Å². The van der Waals surface area contributed by atoms with Gasteiger partial charge in [0.05, 0.1) is 5.52 Å². The van der Waals surface area contributed by atoms with Crippen LogP contribution in [0.25, 0.3) is 27.6 Å². The van der Waals surface area contributed by atoms with Gasteiger partial charge in [-0.1, -0.05) is 59.8 Å². The minimum absolute atomic E-state index is 0. The summed E-state index contributed by atoms with van der Waals surface area (Å²) in [5.41, 5.74) is 6.19. The Balaban J connectivity index is 0.00000253. The molecule has 0 saturated carbocycles. The van der Waals surface area contributed by atoms with E-state index in [-0.39, 0.29) is 33.2 Å². The van der Waals surface area contributed by atoms with Gasteiger partial charge >= 0.3 is 21.1 Å². The average molecular weight is 687 g/mol. The Kier molecular flexibility index (Phi) is 5.82. The van der Waals surface area contributed by atoms with E-state index in [1.807, 2.05) is 54.7 Å². The van der Waals surface area contributed by atoms with Crippen molar-refractivity contribution >= 4 is 27.8 Å². The Labute approximate surface area is 240 Å². The number of benzene rings is 4. The van der Waals surface area contributed by atoms with Crippen LogP contribution in [-0.2, 0) is 32.2 Å². The van der Waals surface area contributed by atoms with Gasteiger partial charge < -0.3 is 14.0 Å². The van der Waals surface area contributed by atoms with Crippen LogP contribution < -0.4 is 4.74 Å². The molecule has 0 radical (unpaired) electrons. The molecule has 1 aliphatic carbocycles. The molecular weight excluding hydrogens is 665 g/mol. The van der Waals surface area contributed by atoms with Crippen LogP contribution in [0.2, 0.25) is 0 Å². The number of pyridine rings is 1. The summed E-state index contributed by atoms with van der Waals surface area (Å²) in [7, 11) is 0. The molecule has 0 bridgehead atoms. The summed E-state index contributed by atoms with van der Waals surface area (Å²) < 4.78 is 14.6. The van der Waals surface area contributed by atoms with Crippen LogP contribution in [0.5, 0.6) is 11.5 Å². The summed E-state index contributed by atoms with van der Waals surface area (Å²) in [6.07, 6.45) is 2.74. The van der Waals surface area contributed by atoms with Crippen molar-refractivity contribution < 1.29 is 30.5 Å². The predicted octanol–water partition coefficient (Wildman–Crippen LogP) is 7.01. The maximum atomic E-state index is 6.25. The molecule has 8 rings (SSSR count). The van der Waals surface area contributed by atoms with Crippen LogP contribution in [0.4, 0.5) is 0 Å². The minimum Gasteiger partial charge on any atom is -0.514 e. The number of ether oxygens (including phenoxy) is 2. The first kappa shape index (κ1) is 23.9. The third-order valence-electron chi connectivity index (χ3n) is 7.31. The maximum Gasteiger partial charge on any atom is 2.00 e.